The monoisotopic (exact) mass is 407 g/mol. The van der Waals surface area contributed by atoms with Crippen LogP contribution in [0.4, 0.5) is 5.69 Å². The number of aromatic nitrogens is 1. The minimum Gasteiger partial charge on any atom is -0.497 e. The van der Waals surface area contributed by atoms with E-state index in [4.69, 9.17) is 14.7 Å². The average molecular weight is 408 g/mol. The summed E-state index contributed by atoms with van der Waals surface area (Å²) < 4.78 is 5.24. The SMILES string of the molecule is COc1ccc(N=C2Sc3nc4c(C)cc(C)cc4cc3CN2CCCO)cc1. The van der Waals surface area contributed by atoms with Gasteiger partial charge in [0.05, 0.1) is 18.3 Å². The summed E-state index contributed by atoms with van der Waals surface area (Å²) in [5.41, 5.74) is 5.57. The van der Waals surface area contributed by atoms with Crippen molar-refractivity contribution in [1.82, 2.24) is 9.88 Å². The van der Waals surface area contributed by atoms with Gasteiger partial charge in [0.2, 0.25) is 0 Å². The van der Waals surface area contributed by atoms with E-state index in [2.05, 4.69) is 36.9 Å². The molecule has 1 aromatic heterocycles. The summed E-state index contributed by atoms with van der Waals surface area (Å²) in [5.74, 6) is 0.812. The fraction of sp³-hybridized carbons (Fsp3) is 0.304. The number of benzene rings is 2. The maximum Gasteiger partial charge on any atom is 0.171 e. The second-order valence-electron chi connectivity index (χ2n) is 7.30. The summed E-state index contributed by atoms with van der Waals surface area (Å²) in [6.07, 6.45) is 0.705. The number of ether oxygens (including phenoxy) is 1. The standard InChI is InChI=1S/C23H25N3O2S/c1-15-11-16(2)21-17(12-15)13-18-14-26(9-4-10-27)23(29-22(18)25-21)24-19-5-7-20(28-3)8-6-19/h5-8,11-13,27H,4,9-10,14H2,1-3H3. The molecule has 2 aromatic carbocycles. The third-order valence-electron chi connectivity index (χ3n) is 5.00. The molecule has 0 atom stereocenters. The van der Waals surface area contributed by atoms with Crippen molar-refractivity contribution in [2.24, 2.45) is 4.99 Å². The number of methoxy groups -OCH3 is 1. The van der Waals surface area contributed by atoms with Crippen LogP contribution in [0.5, 0.6) is 5.75 Å². The van der Waals surface area contributed by atoms with Gasteiger partial charge in [-0.15, -0.1) is 0 Å². The number of amidine groups is 1. The molecule has 0 fully saturated rings. The van der Waals surface area contributed by atoms with Crippen molar-refractivity contribution in [2.45, 2.75) is 31.8 Å². The second-order valence-corrected chi connectivity index (χ2v) is 8.26. The number of rotatable bonds is 5. The maximum atomic E-state index is 9.33. The molecule has 3 aromatic rings. The van der Waals surface area contributed by atoms with E-state index in [1.165, 1.54) is 22.1 Å². The Morgan fingerprint density at radius 3 is 2.69 bits per heavy atom. The Labute approximate surface area is 175 Å². The highest BCUT2D eigenvalue weighted by Crippen LogP contribution is 2.35. The number of hydrogen-bond acceptors (Lipinski definition) is 5. The van der Waals surface area contributed by atoms with Gasteiger partial charge in [0, 0.05) is 30.6 Å². The molecule has 1 N–H and O–H groups in total. The largest absolute Gasteiger partial charge is 0.497 e. The first-order valence-corrected chi connectivity index (χ1v) is 10.6. The molecule has 0 saturated carbocycles. The Morgan fingerprint density at radius 1 is 1.17 bits per heavy atom. The Balaban J connectivity index is 1.74. The van der Waals surface area contributed by atoms with Gasteiger partial charge in [-0.2, -0.15) is 0 Å². The Hall–Kier alpha value is -2.57. The van der Waals surface area contributed by atoms with Gasteiger partial charge < -0.3 is 14.7 Å². The first-order valence-electron chi connectivity index (χ1n) is 9.74. The third-order valence-corrected chi connectivity index (χ3v) is 6.07. The lowest BCUT2D eigenvalue weighted by molar-refractivity contribution is 0.265. The van der Waals surface area contributed by atoms with Gasteiger partial charge in [-0.25, -0.2) is 9.98 Å². The van der Waals surface area contributed by atoms with Gasteiger partial charge in [0.1, 0.15) is 10.8 Å². The zero-order chi connectivity index (χ0) is 20.4. The molecular weight excluding hydrogens is 382 g/mol. The van der Waals surface area contributed by atoms with Crippen molar-refractivity contribution in [3.05, 3.63) is 59.2 Å². The lowest BCUT2D eigenvalue weighted by atomic mass is 10.1. The molecule has 6 heteroatoms. The van der Waals surface area contributed by atoms with Gasteiger partial charge in [0.15, 0.2) is 5.17 Å². The first kappa shape index (κ1) is 19.7. The number of pyridine rings is 1. The highest BCUT2D eigenvalue weighted by atomic mass is 32.2. The molecule has 1 aliphatic heterocycles. The van der Waals surface area contributed by atoms with Crippen LogP contribution in [0.15, 0.2) is 52.5 Å². The molecule has 0 radical (unpaired) electrons. The number of nitrogens with zero attached hydrogens (tertiary/aromatic N) is 3. The van der Waals surface area contributed by atoms with E-state index in [1.807, 2.05) is 24.3 Å². The third kappa shape index (κ3) is 4.23. The average Bonchev–Trinajstić information content (AvgIpc) is 2.71. The van der Waals surface area contributed by atoms with Crippen LogP contribution in [-0.2, 0) is 6.54 Å². The highest BCUT2D eigenvalue weighted by Gasteiger charge is 2.24. The summed E-state index contributed by atoms with van der Waals surface area (Å²) in [7, 11) is 1.66. The predicted molar refractivity (Wildman–Crippen MR) is 119 cm³/mol. The fourth-order valence-electron chi connectivity index (χ4n) is 3.60. The molecule has 2 heterocycles. The second kappa shape index (κ2) is 8.43. The highest BCUT2D eigenvalue weighted by molar-refractivity contribution is 8.13. The molecule has 0 amide bonds. The van der Waals surface area contributed by atoms with Crippen LogP contribution >= 0.6 is 11.8 Å². The van der Waals surface area contributed by atoms with Crippen LogP contribution in [0.3, 0.4) is 0 Å². The van der Waals surface area contributed by atoms with Gasteiger partial charge in [-0.05, 0) is 74.0 Å². The van der Waals surface area contributed by atoms with E-state index in [1.54, 1.807) is 18.9 Å². The lowest BCUT2D eigenvalue weighted by Crippen LogP contribution is -2.33. The number of aryl methyl sites for hydroxylation is 2. The molecule has 1 aliphatic rings. The van der Waals surface area contributed by atoms with Gasteiger partial charge in [-0.1, -0.05) is 11.6 Å². The number of aliphatic hydroxyl groups excluding tert-OH is 1. The van der Waals surface area contributed by atoms with Crippen molar-refractivity contribution >= 4 is 33.5 Å². The zero-order valence-corrected chi connectivity index (χ0v) is 17.8. The number of thioether (sulfide) groups is 1. The first-order chi connectivity index (χ1) is 14.1. The minimum absolute atomic E-state index is 0.165. The Bertz CT molecular complexity index is 1060. The number of hydrogen-bond donors (Lipinski definition) is 1. The van der Waals surface area contributed by atoms with Crippen molar-refractivity contribution < 1.29 is 9.84 Å². The molecule has 29 heavy (non-hydrogen) atoms. The normalized spacial score (nSPS) is 15.0. The van der Waals surface area contributed by atoms with Gasteiger partial charge in [-0.3, -0.25) is 0 Å². The molecule has 0 saturated heterocycles. The molecular formula is C23H25N3O2S. The summed E-state index contributed by atoms with van der Waals surface area (Å²) in [5, 5.41) is 12.4. The van der Waals surface area contributed by atoms with E-state index in [-0.39, 0.29) is 6.61 Å². The van der Waals surface area contributed by atoms with Crippen LogP contribution in [0.2, 0.25) is 0 Å². The van der Waals surface area contributed by atoms with Crippen LogP contribution in [0.1, 0.15) is 23.1 Å². The molecule has 0 unspecified atom stereocenters. The topological polar surface area (TPSA) is 58.0 Å². The van der Waals surface area contributed by atoms with E-state index in [0.717, 1.165) is 40.2 Å². The van der Waals surface area contributed by atoms with Gasteiger partial charge in [0.25, 0.3) is 0 Å². The molecule has 0 bridgehead atoms. The molecule has 5 nitrogen and oxygen atoms in total. The van der Waals surface area contributed by atoms with Crippen molar-refractivity contribution in [2.75, 3.05) is 20.3 Å². The van der Waals surface area contributed by atoms with E-state index < -0.39 is 0 Å². The smallest absolute Gasteiger partial charge is 0.171 e. The Morgan fingerprint density at radius 2 is 1.97 bits per heavy atom. The maximum absolute atomic E-state index is 9.33. The van der Waals surface area contributed by atoms with Crippen LogP contribution in [0, 0.1) is 13.8 Å². The number of aliphatic hydroxyl groups is 1. The number of aliphatic imine (C=N–C) groups is 1. The van der Waals surface area contributed by atoms with Gasteiger partial charge >= 0.3 is 0 Å². The minimum atomic E-state index is 0.165. The van der Waals surface area contributed by atoms with E-state index in [0.29, 0.717) is 6.42 Å². The predicted octanol–water partition coefficient (Wildman–Crippen LogP) is 4.84. The Kier molecular flexibility index (Phi) is 5.74. The summed E-state index contributed by atoms with van der Waals surface area (Å²) >= 11 is 1.60. The van der Waals surface area contributed by atoms with Crippen LogP contribution in [0.25, 0.3) is 10.9 Å². The fourth-order valence-corrected chi connectivity index (χ4v) is 4.60. The molecule has 4 rings (SSSR count). The van der Waals surface area contributed by atoms with Crippen molar-refractivity contribution in [3.8, 4) is 5.75 Å². The summed E-state index contributed by atoms with van der Waals surface area (Å²) in [6, 6.07) is 14.3. The van der Waals surface area contributed by atoms with Crippen LogP contribution < -0.4 is 4.74 Å². The zero-order valence-electron chi connectivity index (χ0n) is 17.0. The van der Waals surface area contributed by atoms with Crippen molar-refractivity contribution in [1.29, 1.82) is 0 Å². The molecule has 150 valence electrons. The lowest BCUT2D eigenvalue weighted by Gasteiger charge is -2.31. The summed E-state index contributed by atoms with van der Waals surface area (Å²) in [6.45, 7) is 5.89. The quantitative estimate of drug-likeness (QED) is 0.656. The molecule has 0 aliphatic carbocycles. The van der Waals surface area contributed by atoms with E-state index >= 15 is 0 Å². The molecule has 0 spiro atoms. The van der Waals surface area contributed by atoms with Crippen LogP contribution in [-0.4, -0.2) is 40.4 Å². The summed E-state index contributed by atoms with van der Waals surface area (Å²) in [4.78, 5) is 12.1. The number of fused-ring (bicyclic) bond motifs is 2. The van der Waals surface area contributed by atoms with E-state index in [9.17, 15) is 5.11 Å². The van der Waals surface area contributed by atoms with Crippen molar-refractivity contribution in [3.63, 3.8) is 0 Å².